The Kier molecular flexibility index (Phi) is 6.26. The fourth-order valence-electron chi connectivity index (χ4n) is 2.61. The fraction of sp³-hybridized carbons (Fsp3) is 0.100. The summed E-state index contributed by atoms with van der Waals surface area (Å²) in [5.41, 5.74) is 1.65. The minimum atomic E-state index is -0.589. The third kappa shape index (κ3) is 4.61. The molecule has 0 bridgehead atoms. The van der Waals surface area contributed by atoms with Crippen LogP contribution in [-0.2, 0) is 4.74 Å². The zero-order chi connectivity index (χ0) is 21.0. The summed E-state index contributed by atoms with van der Waals surface area (Å²) in [4.78, 5) is 35.5. The second-order valence-corrected chi connectivity index (χ2v) is 7.16. The molecule has 1 aromatic heterocycles. The van der Waals surface area contributed by atoms with Gasteiger partial charge in [0, 0.05) is 33.7 Å². The molecule has 0 aliphatic heterocycles. The second kappa shape index (κ2) is 8.85. The summed E-state index contributed by atoms with van der Waals surface area (Å²) in [6, 6.07) is 12.2. The van der Waals surface area contributed by atoms with Crippen molar-refractivity contribution in [3.8, 4) is 11.1 Å². The number of ether oxygens (including phenoxy) is 1. The van der Waals surface area contributed by atoms with Crippen LogP contribution in [0.3, 0.4) is 0 Å². The SMILES string of the molecule is CCOC(=O)c1c(-c2ccc([N+](=O)[O-])cc2)csc1NC(=O)c1ccc(Cl)cc1. The Hall–Kier alpha value is -3.23. The maximum absolute atomic E-state index is 12.6. The molecule has 3 rings (SSSR count). The van der Waals surface area contributed by atoms with Crippen LogP contribution in [0.25, 0.3) is 11.1 Å². The van der Waals surface area contributed by atoms with Crippen LogP contribution in [0.1, 0.15) is 27.6 Å². The highest BCUT2D eigenvalue weighted by atomic mass is 35.5. The van der Waals surface area contributed by atoms with E-state index in [1.54, 1.807) is 48.7 Å². The van der Waals surface area contributed by atoms with Gasteiger partial charge in [0.05, 0.1) is 11.5 Å². The van der Waals surface area contributed by atoms with Gasteiger partial charge in [-0.2, -0.15) is 0 Å². The smallest absolute Gasteiger partial charge is 0.341 e. The molecule has 0 fully saturated rings. The Bertz CT molecular complexity index is 1060. The van der Waals surface area contributed by atoms with E-state index in [9.17, 15) is 19.7 Å². The highest BCUT2D eigenvalue weighted by Crippen LogP contribution is 2.37. The van der Waals surface area contributed by atoms with Gasteiger partial charge in [-0.05, 0) is 48.9 Å². The highest BCUT2D eigenvalue weighted by molar-refractivity contribution is 7.15. The van der Waals surface area contributed by atoms with Crippen LogP contribution in [0.4, 0.5) is 10.7 Å². The number of halogens is 1. The molecule has 0 spiro atoms. The molecule has 0 aliphatic rings. The zero-order valence-electron chi connectivity index (χ0n) is 15.2. The minimum absolute atomic E-state index is 0.0575. The van der Waals surface area contributed by atoms with Crippen molar-refractivity contribution in [3.05, 3.63) is 80.2 Å². The highest BCUT2D eigenvalue weighted by Gasteiger charge is 2.23. The lowest BCUT2D eigenvalue weighted by atomic mass is 10.0. The summed E-state index contributed by atoms with van der Waals surface area (Å²) in [7, 11) is 0. The van der Waals surface area contributed by atoms with Crippen LogP contribution in [0.5, 0.6) is 0 Å². The van der Waals surface area contributed by atoms with E-state index in [-0.39, 0.29) is 17.9 Å². The third-order valence-electron chi connectivity index (χ3n) is 3.99. The van der Waals surface area contributed by atoms with Gasteiger partial charge >= 0.3 is 5.97 Å². The molecule has 0 radical (unpaired) electrons. The van der Waals surface area contributed by atoms with Gasteiger partial charge in [0.1, 0.15) is 10.6 Å². The molecule has 0 saturated heterocycles. The van der Waals surface area contributed by atoms with Crippen LogP contribution in [0, 0.1) is 10.1 Å². The van der Waals surface area contributed by atoms with E-state index in [2.05, 4.69) is 5.32 Å². The molecule has 1 N–H and O–H groups in total. The number of thiophene rings is 1. The molecule has 0 atom stereocenters. The number of nitro groups is 1. The number of hydrogen-bond donors (Lipinski definition) is 1. The number of carbonyl (C=O) groups is 2. The van der Waals surface area contributed by atoms with Crippen molar-refractivity contribution in [1.82, 2.24) is 0 Å². The molecule has 148 valence electrons. The first-order valence-corrected chi connectivity index (χ1v) is 9.76. The maximum atomic E-state index is 12.6. The van der Waals surface area contributed by atoms with Crippen molar-refractivity contribution >= 4 is 45.5 Å². The molecule has 3 aromatic rings. The molecular weight excluding hydrogens is 416 g/mol. The van der Waals surface area contributed by atoms with Gasteiger partial charge in [-0.15, -0.1) is 11.3 Å². The molecule has 1 amide bonds. The van der Waals surface area contributed by atoms with Crippen LogP contribution in [-0.4, -0.2) is 23.4 Å². The second-order valence-electron chi connectivity index (χ2n) is 5.84. The molecule has 0 saturated carbocycles. The van der Waals surface area contributed by atoms with Gasteiger partial charge in [0.2, 0.25) is 0 Å². The number of nitrogens with zero attached hydrogens (tertiary/aromatic N) is 1. The Morgan fingerprint density at radius 3 is 2.38 bits per heavy atom. The average Bonchev–Trinajstić information content (AvgIpc) is 3.12. The molecule has 7 nitrogen and oxygen atoms in total. The van der Waals surface area contributed by atoms with Crippen molar-refractivity contribution < 1.29 is 19.2 Å². The van der Waals surface area contributed by atoms with Gasteiger partial charge in [-0.25, -0.2) is 4.79 Å². The topological polar surface area (TPSA) is 98.5 Å². The first-order valence-electron chi connectivity index (χ1n) is 8.51. The summed E-state index contributed by atoms with van der Waals surface area (Å²) in [5.74, 6) is -0.988. The van der Waals surface area contributed by atoms with Gasteiger partial charge < -0.3 is 10.1 Å². The monoisotopic (exact) mass is 430 g/mol. The summed E-state index contributed by atoms with van der Waals surface area (Å²) < 4.78 is 5.14. The van der Waals surface area contributed by atoms with E-state index >= 15 is 0 Å². The van der Waals surface area contributed by atoms with Crippen molar-refractivity contribution in [3.63, 3.8) is 0 Å². The Labute approximate surface area is 175 Å². The molecular formula is C20H15ClN2O5S. The predicted molar refractivity (Wildman–Crippen MR) is 112 cm³/mol. The molecule has 0 aliphatic carbocycles. The number of rotatable bonds is 6. The molecule has 1 heterocycles. The van der Waals surface area contributed by atoms with Gasteiger partial charge in [-0.1, -0.05) is 11.6 Å². The van der Waals surface area contributed by atoms with Crippen molar-refractivity contribution in [2.24, 2.45) is 0 Å². The lowest BCUT2D eigenvalue weighted by Crippen LogP contribution is -2.14. The number of amides is 1. The average molecular weight is 431 g/mol. The first kappa shape index (κ1) is 20.5. The van der Waals surface area contributed by atoms with Crippen molar-refractivity contribution in [1.29, 1.82) is 0 Å². The molecule has 9 heteroatoms. The number of nitro benzene ring substituents is 1. The van der Waals surface area contributed by atoms with Crippen LogP contribution >= 0.6 is 22.9 Å². The van der Waals surface area contributed by atoms with Gasteiger partial charge in [-0.3, -0.25) is 14.9 Å². The van der Waals surface area contributed by atoms with Crippen LogP contribution in [0.15, 0.2) is 53.9 Å². The lowest BCUT2D eigenvalue weighted by Gasteiger charge is -2.09. The summed E-state index contributed by atoms with van der Waals surface area (Å²) in [6.45, 7) is 1.85. The zero-order valence-corrected chi connectivity index (χ0v) is 16.8. The number of hydrogen-bond acceptors (Lipinski definition) is 6. The third-order valence-corrected chi connectivity index (χ3v) is 5.14. The molecule has 0 unspecified atom stereocenters. The van der Waals surface area contributed by atoms with E-state index < -0.39 is 16.8 Å². The fourth-order valence-corrected chi connectivity index (χ4v) is 3.69. The van der Waals surface area contributed by atoms with Crippen LogP contribution < -0.4 is 5.32 Å². The Morgan fingerprint density at radius 1 is 1.14 bits per heavy atom. The van der Waals surface area contributed by atoms with E-state index in [1.807, 2.05) is 0 Å². The van der Waals surface area contributed by atoms with E-state index in [1.165, 1.54) is 23.5 Å². The van der Waals surface area contributed by atoms with Crippen molar-refractivity contribution in [2.45, 2.75) is 6.92 Å². The Morgan fingerprint density at radius 2 is 1.79 bits per heavy atom. The Balaban J connectivity index is 1.97. The summed E-state index contributed by atoms with van der Waals surface area (Å²) in [6.07, 6.45) is 0. The predicted octanol–water partition coefficient (Wildman–Crippen LogP) is 5.41. The quantitative estimate of drug-likeness (QED) is 0.320. The van der Waals surface area contributed by atoms with Crippen molar-refractivity contribution in [2.75, 3.05) is 11.9 Å². The van der Waals surface area contributed by atoms with Gasteiger partial charge in [0.25, 0.3) is 11.6 Å². The number of esters is 1. The first-order chi connectivity index (χ1) is 13.9. The minimum Gasteiger partial charge on any atom is -0.462 e. The standard InChI is InChI=1S/C20H15ClN2O5S/c1-2-28-20(25)17-16(12-5-9-15(10-6-12)23(26)27)11-29-19(17)22-18(24)13-3-7-14(21)8-4-13/h3-11H,2H2,1H3,(H,22,24). The van der Waals surface area contributed by atoms with Gasteiger partial charge in [0.15, 0.2) is 0 Å². The maximum Gasteiger partial charge on any atom is 0.341 e. The largest absolute Gasteiger partial charge is 0.462 e. The number of anilines is 1. The summed E-state index contributed by atoms with van der Waals surface area (Å²) >= 11 is 7.02. The lowest BCUT2D eigenvalue weighted by molar-refractivity contribution is -0.384. The molecule has 2 aromatic carbocycles. The van der Waals surface area contributed by atoms with E-state index in [0.717, 1.165) is 0 Å². The molecule has 29 heavy (non-hydrogen) atoms. The number of benzene rings is 2. The summed E-state index contributed by atoms with van der Waals surface area (Å²) in [5, 5.41) is 16.1. The number of carbonyl (C=O) groups excluding carboxylic acids is 2. The number of nitrogens with one attached hydrogen (secondary N) is 1. The van der Waals surface area contributed by atoms with Crippen LogP contribution in [0.2, 0.25) is 5.02 Å². The van der Waals surface area contributed by atoms with E-state index in [4.69, 9.17) is 16.3 Å². The number of non-ortho nitro benzene ring substituents is 1. The van der Waals surface area contributed by atoms with E-state index in [0.29, 0.717) is 26.7 Å². The normalized spacial score (nSPS) is 10.4.